The summed E-state index contributed by atoms with van der Waals surface area (Å²) in [5.74, 6) is 0.714. The maximum atomic E-state index is 5.88. The lowest BCUT2D eigenvalue weighted by Gasteiger charge is -2.14. The molecule has 1 N–H and O–H groups in total. The van der Waals surface area contributed by atoms with Crippen LogP contribution in [0.3, 0.4) is 0 Å². The van der Waals surface area contributed by atoms with E-state index in [1.807, 2.05) is 0 Å². The molecular formula is C14H19Cl2NS. The molecule has 100 valence electrons. The third kappa shape index (κ3) is 5.66. The number of nitrogens with one attached hydrogen (secondary N) is 1. The Bertz CT molecular complexity index is 393. The van der Waals surface area contributed by atoms with E-state index in [1.54, 1.807) is 11.8 Å². The van der Waals surface area contributed by atoms with Gasteiger partial charge in [-0.15, -0.1) is 11.8 Å². The molecule has 0 radical (unpaired) electrons. The van der Waals surface area contributed by atoms with Gasteiger partial charge in [-0.2, -0.15) is 0 Å². The van der Waals surface area contributed by atoms with Gasteiger partial charge in [0.15, 0.2) is 0 Å². The number of hydrogen-bond donors (Lipinski definition) is 1. The van der Waals surface area contributed by atoms with Crippen LogP contribution in [0.4, 0.5) is 0 Å². The highest BCUT2D eigenvalue weighted by molar-refractivity contribution is 7.99. The first-order chi connectivity index (χ1) is 8.67. The first-order valence-corrected chi connectivity index (χ1v) is 7.88. The Kier molecular flexibility index (Phi) is 7.84. The second kappa shape index (κ2) is 8.87. The third-order valence-corrected chi connectivity index (χ3v) is 4.37. The summed E-state index contributed by atoms with van der Waals surface area (Å²) < 4.78 is 0. The van der Waals surface area contributed by atoms with Crippen molar-refractivity contribution in [3.63, 3.8) is 0 Å². The lowest BCUT2D eigenvalue weighted by Crippen LogP contribution is -2.19. The van der Waals surface area contributed by atoms with E-state index in [9.17, 15) is 0 Å². The van der Waals surface area contributed by atoms with E-state index in [0.29, 0.717) is 16.8 Å². The first-order valence-electron chi connectivity index (χ1n) is 6.08. The molecule has 0 aliphatic carbocycles. The zero-order valence-electron chi connectivity index (χ0n) is 10.7. The van der Waals surface area contributed by atoms with Crippen molar-refractivity contribution in [3.8, 4) is 0 Å². The van der Waals surface area contributed by atoms with Crippen LogP contribution in [-0.2, 0) is 0 Å². The molecule has 0 spiro atoms. The molecule has 0 bridgehead atoms. The Morgan fingerprint density at radius 1 is 1.50 bits per heavy atom. The number of halogens is 2. The summed E-state index contributed by atoms with van der Waals surface area (Å²) in [4.78, 5) is 1.22. The number of thioether (sulfide) groups is 1. The maximum absolute atomic E-state index is 5.88. The molecule has 0 aliphatic heterocycles. The first kappa shape index (κ1) is 15.9. The molecule has 1 aromatic rings. The fourth-order valence-electron chi connectivity index (χ4n) is 1.54. The van der Waals surface area contributed by atoms with Crippen LogP contribution in [0.5, 0.6) is 0 Å². The molecular weight excluding hydrogens is 285 g/mol. The van der Waals surface area contributed by atoms with Crippen LogP contribution < -0.4 is 5.32 Å². The predicted octanol–water partition coefficient (Wildman–Crippen LogP) is 5.16. The van der Waals surface area contributed by atoms with Gasteiger partial charge in [0.1, 0.15) is 0 Å². The van der Waals surface area contributed by atoms with E-state index in [0.717, 1.165) is 13.0 Å². The number of rotatable bonds is 7. The van der Waals surface area contributed by atoms with Crippen LogP contribution in [-0.4, -0.2) is 12.3 Å². The summed E-state index contributed by atoms with van der Waals surface area (Å²) >= 11 is 13.1. The minimum atomic E-state index is 0.379. The van der Waals surface area contributed by atoms with Crippen molar-refractivity contribution in [1.82, 2.24) is 5.32 Å². The van der Waals surface area contributed by atoms with Crippen molar-refractivity contribution < 1.29 is 0 Å². The SMILES string of the molecule is CCCNC(C)c1cccc(SCC(Cl)=CCl)c1. The van der Waals surface area contributed by atoms with E-state index in [4.69, 9.17) is 23.2 Å². The van der Waals surface area contributed by atoms with E-state index < -0.39 is 0 Å². The summed E-state index contributed by atoms with van der Waals surface area (Å²) in [5, 5.41) is 4.15. The molecule has 0 fully saturated rings. The number of hydrogen-bond acceptors (Lipinski definition) is 2. The van der Waals surface area contributed by atoms with E-state index in [1.165, 1.54) is 16.0 Å². The summed E-state index contributed by atoms with van der Waals surface area (Å²) in [6, 6.07) is 8.91. The van der Waals surface area contributed by atoms with Crippen LogP contribution in [0.1, 0.15) is 31.9 Å². The Hall–Kier alpha value is -0.150. The highest BCUT2D eigenvalue weighted by Crippen LogP contribution is 2.25. The second-order valence-electron chi connectivity index (χ2n) is 4.09. The highest BCUT2D eigenvalue weighted by atomic mass is 35.5. The molecule has 1 rings (SSSR count). The molecule has 0 saturated heterocycles. The van der Waals surface area contributed by atoms with Gasteiger partial charge in [0.05, 0.1) is 0 Å². The zero-order chi connectivity index (χ0) is 13.4. The smallest absolute Gasteiger partial charge is 0.0396 e. The van der Waals surface area contributed by atoms with Crippen LogP contribution in [0.25, 0.3) is 0 Å². The fraction of sp³-hybridized carbons (Fsp3) is 0.429. The topological polar surface area (TPSA) is 12.0 Å². The average molecular weight is 304 g/mol. The summed E-state index contributed by atoms with van der Waals surface area (Å²) in [6.45, 7) is 5.40. The van der Waals surface area contributed by atoms with Gasteiger partial charge in [-0.05, 0) is 37.6 Å². The highest BCUT2D eigenvalue weighted by Gasteiger charge is 2.05. The molecule has 1 nitrogen and oxygen atoms in total. The molecule has 0 aliphatic rings. The van der Waals surface area contributed by atoms with Crippen molar-refractivity contribution >= 4 is 35.0 Å². The Morgan fingerprint density at radius 2 is 2.28 bits per heavy atom. The third-order valence-electron chi connectivity index (χ3n) is 2.55. The van der Waals surface area contributed by atoms with Crippen molar-refractivity contribution in [2.45, 2.75) is 31.2 Å². The van der Waals surface area contributed by atoms with Crippen LogP contribution >= 0.6 is 35.0 Å². The minimum Gasteiger partial charge on any atom is -0.310 e. The van der Waals surface area contributed by atoms with Crippen molar-refractivity contribution in [2.24, 2.45) is 0 Å². The van der Waals surface area contributed by atoms with Gasteiger partial charge < -0.3 is 5.32 Å². The van der Waals surface area contributed by atoms with Crippen LogP contribution in [0.15, 0.2) is 39.7 Å². The molecule has 18 heavy (non-hydrogen) atoms. The Balaban J connectivity index is 2.61. The van der Waals surface area contributed by atoms with Gasteiger partial charge >= 0.3 is 0 Å². The predicted molar refractivity (Wildman–Crippen MR) is 83.7 cm³/mol. The second-order valence-corrected chi connectivity index (χ2v) is 5.85. The van der Waals surface area contributed by atoms with Gasteiger partial charge in [0.2, 0.25) is 0 Å². The normalized spacial score (nSPS) is 13.7. The number of benzene rings is 1. The van der Waals surface area contributed by atoms with E-state index in [-0.39, 0.29) is 0 Å². The molecule has 1 aromatic carbocycles. The van der Waals surface area contributed by atoms with Crippen LogP contribution in [0, 0.1) is 0 Å². The standard InChI is InChI=1S/C14H19Cl2NS/c1-3-7-17-11(2)12-5-4-6-14(8-12)18-10-13(16)9-15/h4-6,8-9,11,17H,3,7,10H2,1-2H3. The summed E-state index contributed by atoms with van der Waals surface area (Å²) in [6.07, 6.45) is 1.15. The molecule has 0 aromatic heterocycles. The summed E-state index contributed by atoms with van der Waals surface area (Å²) in [5.41, 5.74) is 2.73. The van der Waals surface area contributed by atoms with Gasteiger partial charge in [-0.3, -0.25) is 0 Å². The lowest BCUT2D eigenvalue weighted by atomic mass is 10.1. The maximum Gasteiger partial charge on any atom is 0.0396 e. The quantitative estimate of drug-likeness (QED) is 0.698. The Morgan fingerprint density at radius 3 is 2.94 bits per heavy atom. The molecule has 4 heteroatoms. The van der Waals surface area contributed by atoms with Crippen molar-refractivity contribution in [2.75, 3.05) is 12.3 Å². The minimum absolute atomic E-state index is 0.379. The monoisotopic (exact) mass is 303 g/mol. The van der Waals surface area contributed by atoms with Crippen molar-refractivity contribution in [3.05, 3.63) is 40.4 Å². The molecule has 0 amide bonds. The van der Waals surface area contributed by atoms with Gasteiger partial charge in [0.25, 0.3) is 0 Å². The zero-order valence-corrected chi connectivity index (χ0v) is 13.1. The summed E-state index contributed by atoms with van der Waals surface area (Å²) in [7, 11) is 0. The van der Waals surface area contributed by atoms with Gasteiger partial charge in [0, 0.05) is 27.3 Å². The Labute approximate surface area is 124 Å². The van der Waals surface area contributed by atoms with Crippen LogP contribution in [0.2, 0.25) is 0 Å². The van der Waals surface area contributed by atoms with E-state index >= 15 is 0 Å². The molecule has 0 heterocycles. The molecule has 1 unspecified atom stereocenters. The van der Waals surface area contributed by atoms with Crippen molar-refractivity contribution in [1.29, 1.82) is 0 Å². The van der Waals surface area contributed by atoms with Gasteiger partial charge in [-0.1, -0.05) is 42.3 Å². The average Bonchev–Trinajstić information content (AvgIpc) is 2.42. The fourth-order valence-corrected chi connectivity index (χ4v) is 2.65. The van der Waals surface area contributed by atoms with E-state index in [2.05, 4.69) is 43.4 Å². The lowest BCUT2D eigenvalue weighted by molar-refractivity contribution is 0.570. The van der Waals surface area contributed by atoms with Gasteiger partial charge in [-0.25, -0.2) is 0 Å². The molecule has 0 saturated carbocycles. The largest absolute Gasteiger partial charge is 0.310 e. The molecule has 1 atom stereocenters.